The molecule has 25 heavy (non-hydrogen) atoms. The molecule has 0 N–H and O–H groups in total. The normalized spacial score (nSPS) is 26.1. The number of carbonyl (C=O) groups is 1. The molecular weight excluding hydrogens is 336 g/mol. The van der Waals surface area contributed by atoms with E-state index < -0.39 is 0 Å². The van der Waals surface area contributed by atoms with Gasteiger partial charge in [0.2, 0.25) is 0 Å². The Labute approximate surface area is 151 Å². The van der Waals surface area contributed by atoms with Gasteiger partial charge in [-0.15, -0.1) is 0 Å². The first-order valence-electron chi connectivity index (χ1n) is 8.73. The molecular formula is C19H22N2O3S. The molecule has 2 saturated heterocycles. The molecule has 0 saturated carbocycles. The van der Waals surface area contributed by atoms with Crippen LogP contribution >= 0.6 is 11.3 Å². The molecule has 2 aliphatic rings. The van der Waals surface area contributed by atoms with Crippen molar-refractivity contribution in [1.29, 1.82) is 0 Å². The zero-order valence-corrected chi connectivity index (χ0v) is 14.9. The molecule has 132 valence electrons. The molecule has 0 aliphatic carbocycles. The van der Waals surface area contributed by atoms with Crippen molar-refractivity contribution in [2.24, 2.45) is 5.41 Å². The van der Waals surface area contributed by atoms with Crippen molar-refractivity contribution in [3.63, 3.8) is 0 Å². The molecule has 2 atom stereocenters. The van der Waals surface area contributed by atoms with E-state index >= 15 is 0 Å². The summed E-state index contributed by atoms with van der Waals surface area (Å²) in [5, 5.41) is 3.87. The summed E-state index contributed by atoms with van der Waals surface area (Å²) in [6.45, 7) is 2.79. The van der Waals surface area contributed by atoms with Gasteiger partial charge in [0.15, 0.2) is 0 Å². The molecule has 0 spiro atoms. The number of thiophene rings is 1. The summed E-state index contributed by atoms with van der Waals surface area (Å²) >= 11 is 1.56. The minimum atomic E-state index is -0.141. The van der Waals surface area contributed by atoms with Crippen LogP contribution in [0.4, 0.5) is 0 Å². The van der Waals surface area contributed by atoms with Crippen molar-refractivity contribution >= 4 is 17.2 Å². The van der Waals surface area contributed by atoms with E-state index in [2.05, 4.69) is 4.98 Å². The van der Waals surface area contributed by atoms with E-state index in [1.165, 1.54) is 0 Å². The lowest BCUT2D eigenvalue weighted by Gasteiger charge is -2.50. The summed E-state index contributed by atoms with van der Waals surface area (Å²) in [5.74, 6) is 0.883. The number of hydrogen-bond donors (Lipinski definition) is 0. The van der Waals surface area contributed by atoms with Crippen molar-refractivity contribution in [3.05, 3.63) is 46.9 Å². The molecule has 0 radical (unpaired) electrons. The van der Waals surface area contributed by atoms with Crippen molar-refractivity contribution < 1.29 is 14.3 Å². The molecule has 0 unspecified atom stereocenters. The van der Waals surface area contributed by atoms with E-state index in [1.54, 1.807) is 23.7 Å². The Morgan fingerprint density at radius 2 is 2.44 bits per heavy atom. The monoisotopic (exact) mass is 358 g/mol. The van der Waals surface area contributed by atoms with E-state index in [1.807, 2.05) is 33.9 Å². The van der Waals surface area contributed by atoms with E-state index in [9.17, 15) is 4.79 Å². The predicted molar refractivity (Wildman–Crippen MR) is 96.0 cm³/mol. The standard InChI is InChI=1S/C19H22N2O3S/c22-18(15-5-10-25-12-15)21-8-4-17-19(13-21,6-2-9-23-17)14-24-16-3-1-7-20-11-16/h1,3,5,7,10-12,17H,2,4,6,8-9,13-14H2/t17-,19-/m0/s1. The summed E-state index contributed by atoms with van der Waals surface area (Å²) in [7, 11) is 0. The number of hydrogen-bond acceptors (Lipinski definition) is 5. The maximum Gasteiger partial charge on any atom is 0.254 e. The Morgan fingerprint density at radius 1 is 1.48 bits per heavy atom. The van der Waals surface area contributed by atoms with E-state index in [0.29, 0.717) is 13.2 Å². The largest absolute Gasteiger partial charge is 0.491 e. The topological polar surface area (TPSA) is 51.7 Å². The highest BCUT2D eigenvalue weighted by atomic mass is 32.1. The minimum absolute atomic E-state index is 0.117. The van der Waals surface area contributed by atoms with Crippen LogP contribution < -0.4 is 4.74 Å². The Hall–Kier alpha value is -1.92. The fourth-order valence-corrected chi connectivity index (χ4v) is 4.53. The molecule has 2 aliphatic heterocycles. The van der Waals surface area contributed by atoms with Gasteiger partial charge in [-0.05, 0) is 42.8 Å². The lowest BCUT2D eigenvalue weighted by molar-refractivity contribution is -0.133. The van der Waals surface area contributed by atoms with Crippen LogP contribution in [0.1, 0.15) is 29.6 Å². The van der Waals surface area contributed by atoms with Crippen LogP contribution in [0.3, 0.4) is 0 Å². The number of fused-ring (bicyclic) bond motifs is 1. The third-order valence-electron chi connectivity index (χ3n) is 5.20. The average molecular weight is 358 g/mol. The molecule has 0 bridgehead atoms. The second kappa shape index (κ2) is 7.14. The summed E-state index contributed by atoms with van der Waals surface area (Å²) in [4.78, 5) is 18.9. The number of likely N-dealkylation sites (tertiary alicyclic amines) is 1. The highest BCUT2D eigenvalue weighted by Crippen LogP contribution is 2.41. The molecule has 4 heterocycles. The first kappa shape index (κ1) is 16.5. The number of aromatic nitrogens is 1. The summed E-state index contributed by atoms with van der Waals surface area (Å²) in [6.07, 6.45) is 6.52. The average Bonchev–Trinajstić information content (AvgIpc) is 3.21. The van der Waals surface area contributed by atoms with Gasteiger partial charge in [-0.2, -0.15) is 11.3 Å². The van der Waals surface area contributed by atoms with Gasteiger partial charge in [-0.1, -0.05) is 0 Å². The third kappa shape index (κ3) is 3.41. The Bertz CT molecular complexity index is 707. The quantitative estimate of drug-likeness (QED) is 0.842. The van der Waals surface area contributed by atoms with E-state index in [4.69, 9.17) is 9.47 Å². The first-order valence-corrected chi connectivity index (χ1v) is 9.67. The molecule has 2 aromatic heterocycles. The second-order valence-corrected chi connectivity index (χ2v) is 7.61. The Morgan fingerprint density at radius 3 is 3.24 bits per heavy atom. The van der Waals surface area contributed by atoms with Crippen LogP contribution in [0.5, 0.6) is 5.75 Å². The van der Waals surface area contributed by atoms with Crippen LogP contribution in [-0.2, 0) is 4.74 Å². The van der Waals surface area contributed by atoms with Gasteiger partial charge >= 0.3 is 0 Å². The SMILES string of the molecule is O=C(c1ccsc1)N1CC[C@@H]2OCCC[C@@]2(COc2cccnc2)C1. The van der Waals surface area contributed by atoms with Crippen LogP contribution in [0.2, 0.25) is 0 Å². The fourth-order valence-electron chi connectivity index (χ4n) is 3.90. The van der Waals surface area contributed by atoms with Gasteiger partial charge in [-0.25, -0.2) is 0 Å². The zero-order valence-electron chi connectivity index (χ0n) is 14.1. The molecule has 1 amide bonds. The summed E-state index contributed by atoms with van der Waals surface area (Å²) in [6, 6.07) is 5.68. The van der Waals surface area contributed by atoms with E-state index in [-0.39, 0.29) is 17.4 Å². The molecule has 6 heteroatoms. The predicted octanol–water partition coefficient (Wildman–Crippen LogP) is 3.23. The Kier molecular flexibility index (Phi) is 4.72. The molecule has 0 aromatic carbocycles. The summed E-state index contributed by atoms with van der Waals surface area (Å²) in [5.41, 5.74) is 0.640. The van der Waals surface area contributed by atoms with Crippen molar-refractivity contribution in [2.45, 2.75) is 25.4 Å². The molecule has 2 aromatic rings. The van der Waals surface area contributed by atoms with Gasteiger partial charge in [-0.3, -0.25) is 9.78 Å². The smallest absolute Gasteiger partial charge is 0.254 e. The second-order valence-electron chi connectivity index (χ2n) is 6.83. The van der Waals surface area contributed by atoms with Crippen LogP contribution in [0, 0.1) is 5.41 Å². The number of ether oxygens (including phenoxy) is 2. The number of pyridine rings is 1. The maximum absolute atomic E-state index is 12.8. The Balaban J connectivity index is 1.51. The number of amides is 1. The third-order valence-corrected chi connectivity index (χ3v) is 5.89. The lowest BCUT2D eigenvalue weighted by Crippen LogP contribution is -2.58. The number of piperidine rings is 1. The van der Waals surface area contributed by atoms with Gasteiger partial charge in [0, 0.05) is 36.7 Å². The van der Waals surface area contributed by atoms with Crippen molar-refractivity contribution in [3.8, 4) is 5.75 Å². The van der Waals surface area contributed by atoms with Crippen molar-refractivity contribution in [1.82, 2.24) is 9.88 Å². The van der Waals surface area contributed by atoms with Gasteiger partial charge in [0.05, 0.1) is 24.5 Å². The zero-order chi connectivity index (χ0) is 17.1. The maximum atomic E-state index is 12.8. The molecule has 2 fully saturated rings. The van der Waals surface area contributed by atoms with Gasteiger partial charge in [0.1, 0.15) is 5.75 Å². The van der Waals surface area contributed by atoms with Crippen LogP contribution in [-0.4, -0.2) is 48.2 Å². The molecule has 4 rings (SSSR count). The number of carbonyl (C=O) groups excluding carboxylic acids is 1. The lowest BCUT2D eigenvalue weighted by atomic mass is 9.73. The van der Waals surface area contributed by atoms with Gasteiger partial charge < -0.3 is 14.4 Å². The van der Waals surface area contributed by atoms with E-state index in [0.717, 1.165) is 43.7 Å². The highest BCUT2D eigenvalue weighted by molar-refractivity contribution is 7.08. The van der Waals surface area contributed by atoms with Crippen LogP contribution in [0.15, 0.2) is 41.4 Å². The highest BCUT2D eigenvalue weighted by Gasteiger charge is 2.47. The minimum Gasteiger partial charge on any atom is -0.491 e. The van der Waals surface area contributed by atoms with Gasteiger partial charge in [0.25, 0.3) is 5.91 Å². The first-order chi connectivity index (χ1) is 12.3. The number of nitrogens with zero attached hydrogens (tertiary/aromatic N) is 2. The van der Waals surface area contributed by atoms with Crippen LogP contribution in [0.25, 0.3) is 0 Å². The molecule has 5 nitrogen and oxygen atoms in total. The van der Waals surface area contributed by atoms with Crippen molar-refractivity contribution in [2.75, 3.05) is 26.3 Å². The summed E-state index contributed by atoms with van der Waals surface area (Å²) < 4.78 is 12.1. The number of rotatable bonds is 4. The fraction of sp³-hybridized carbons (Fsp3) is 0.474.